The average Bonchev–Trinajstić information content (AvgIpc) is 3.04. The highest BCUT2D eigenvalue weighted by Gasteiger charge is 2.53. The maximum atomic E-state index is 11.5. The van der Waals surface area contributed by atoms with Gasteiger partial charge in [-0.05, 0) is 19.4 Å². The summed E-state index contributed by atoms with van der Waals surface area (Å²) in [7, 11) is 0. The first-order chi connectivity index (χ1) is 21.6. The van der Waals surface area contributed by atoms with Gasteiger partial charge in [-0.1, -0.05) is 46.0 Å². The van der Waals surface area contributed by atoms with Crippen molar-refractivity contribution in [2.24, 2.45) is 0 Å². The van der Waals surface area contributed by atoms with Crippen LogP contribution in [0, 0.1) is 0 Å². The van der Waals surface area contributed by atoms with E-state index in [1.807, 2.05) is 6.92 Å². The van der Waals surface area contributed by atoms with Crippen LogP contribution >= 0.6 is 0 Å². The molecule has 0 bridgehead atoms. The van der Waals surface area contributed by atoms with Crippen molar-refractivity contribution in [3.05, 3.63) is 0 Å². The lowest BCUT2D eigenvalue weighted by Crippen LogP contribution is -2.69. The largest absolute Gasteiger partial charge is 0.394 e. The minimum Gasteiger partial charge on any atom is -0.394 e. The molecule has 0 aromatic carbocycles. The quantitative estimate of drug-likeness (QED) is 0.0653. The molecule has 10 N–H and O–H groups in total. The second kappa shape index (κ2) is 19.4. The van der Waals surface area contributed by atoms with E-state index in [0.717, 1.165) is 32.1 Å². The molecule has 45 heavy (non-hydrogen) atoms. The van der Waals surface area contributed by atoms with Gasteiger partial charge in [0.25, 0.3) is 0 Å². The predicted octanol–water partition coefficient (Wildman–Crippen LogP) is -3.18. The van der Waals surface area contributed by atoms with Gasteiger partial charge in [-0.2, -0.15) is 0 Å². The Morgan fingerprint density at radius 2 is 1.09 bits per heavy atom. The summed E-state index contributed by atoms with van der Waals surface area (Å²) in [6.45, 7) is 2.69. The highest BCUT2D eigenvalue weighted by molar-refractivity contribution is 4.98. The van der Waals surface area contributed by atoms with Gasteiger partial charge < -0.3 is 79.7 Å². The van der Waals surface area contributed by atoms with Gasteiger partial charge in [0, 0.05) is 6.61 Å². The molecule has 0 amide bonds. The third-order valence-corrected chi connectivity index (χ3v) is 8.52. The van der Waals surface area contributed by atoms with Crippen molar-refractivity contribution in [3.8, 4) is 0 Å². The van der Waals surface area contributed by atoms with Gasteiger partial charge in [0.05, 0.1) is 25.9 Å². The monoisotopic (exact) mass is 657 g/mol. The molecule has 266 valence electrons. The van der Waals surface area contributed by atoms with Crippen LogP contribution in [0.4, 0.5) is 0 Å². The van der Waals surface area contributed by atoms with E-state index in [1.165, 1.54) is 0 Å². The van der Waals surface area contributed by atoms with E-state index in [2.05, 4.69) is 12.2 Å². The molecule has 3 aliphatic rings. The van der Waals surface area contributed by atoms with E-state index < -0.39 is 112 Å². The molecular weight excluding hydrogens is 602 g/mol. The van der Waals surface area contributed by atoms with Crippen molar-refractivity contribution in [2.45, 2.75) is 151 Å². The zero-order valence-electron chi connectivity index (χ0n) is 26.1. The van der Waals surface area contributed by atoms with Crippen LogP contribution in [0.1, 0.15) is 58.8 Å². The fraction of sp³-hybridized carbons (Fsp3) is 1.00. The summed E-state index contributed by atoms with van der Waals surface area (Å²) in [6.07, 6.45) is -13.5. The zero-order chi connectivity index (χ0) is 33.1. The third kappa shape index (κ3) is 9.95. The van der Waals surface area contributed by atoms with Crippen molar-refractivity contribution >= 4 is 0 Å². The van der Waals surface area contributed by atoms with Gasteiger partial charge >= 0.3 is 0 Å². The molecular formula is C29H55NO15. The molecule has 0 aromatic heterocycles. The standard InChI is InChI=1S/C29H55NO15/c1-3-5-6-7-8-9-11-40-29-26(23(38)20(35)16(13-32)42-29)45-27-18(30-10-4-2)21(36)25(17(14-33)43-27)44-28-24(39)22(37)19(34)15(12-31)41-28/h15-39H,3-14H2,1-2H3/t15-,16-,17-,18-,19+,20-,21-,22+,23+,24-,25-,26+,27+,28+,29+/m1/s1. The number of aliphatic hydroxyl groups is 9. The fourth-order valence-corrected chi connectivity index (χ4v) is 5.79. The van der Waals surface area contributed by atoms with Crippen LogP contribution in [0.25, 0.3) is 0 Å². The predicted molar refractivity (Wildman–Crippen MR) is 154 cm³/mol. The van der Waals surface area contributed by atoms with Crippen LogP contribution in [-0.2, 0) is 28.4 Å². The highest BCUT2D eigenvalue weighted by Crippen LogP contribution is 2.33. The topological polar surface area (TPSA) is 249 Å². The van der Waals surface area contributed by atoms with Crippen molar-refractivity contribution < 1.29 is 74.4 Å². The first-order valence-electron chi connectivity index (χ1n) is 16.2. The highest BCUT2D eigenvalue weighted by atomic mass is 16.8. The summed E-state index contributed by atoms with van der Waals surface area (Å²) in [6, 6.07) is -1.05. The smallest absolute Gasteiger partial charge is 0.187 e. The Kier molecular flexibility index (Phi) is 16.7. The van der Waals surface area contributed by atoms with Gasteiger partial charge in [-0.3, -0.25) is 0 Å². The van der Waals surface area contributed by atoms with Gasteiger partial charge in [-0.15, -0.1) is 0 Å². The maximum absolute atomic E-state index is 11.5. The Bertz CT molecular complexity index is 814. The molecule has 15 atom stereocenters. The van der Waals surface area contributed by atoms with Crippen molar-refractivity contribution in [1.29, 1.82) is 0 Å². The number of nitrogens with one attached hydrogen (secondary N) is 1. The molecule has 0 aromatic rings. The molecule has 3 saturated heterocycles. The molecule has 0 unspecified atom stereocenters. The molecule has 16 nitrogen and oxygen atoms in total. The molecule has 0 spiro atoms. The van der Waals surface area contributed by atoms with E-state index in [9.17, 15) is 46.0 Å². The summed E-state index contributed by atoms with van der Waals surface area (Å²) >= 11 is 0. The molecule has 3 fully saturated rings. The van der Waals surface area contributed by atoms with E-state index in [1.54, 1.807) is 0 Å². The summed E-state index contributed by atoms with van der Waals surface area (Å²) in [5.74, 6) is 0. The Balaban J connectivity index is 1.76. The number of hydrogen-bond donors (Lipinski definition) is 10. The van der Waals surface area contributed by atoms with Crippen molar-refractivity contribution in [3.63, 3.8) is 0 Å². The number of rotatable bonds is 18. The lowest BCUT2D eigenvalue weighted by atomic mass is 9.94. The van der Waals surface area contributed by atoms with Gasteiger partial charge in [0.2, 0.25) is 0 Å². The second-order valence-electron chi connectivity index (χ2n) is 11.9. The summed E-state index contributed by atoms with van der Waals surface area (Å²) in [4.78, 5) is 0. The Morgan fingerprint density at radius 1 is 0.533 bits per heavy atom. The lowest BCUT2D eigenvalue weighted by Gasteiger charge is -2.49. The lowest BCUT2D eigenvalue weighted by molar-refractivity contribution is -0.372. The second-order valence-corrected chi connectivity index (χ2v) is 11.9. The minimum absolute atomic E-state index is 0.261. The van der Waals surface area contributed by atoms with E-state index in [0.29, 0.717) is 19.4 Å². The first-order valence-corrected chi connectivity index (χ1v) is 16.2. The Morgan fingerprint density at radius 3 is 1.71 bits per heavy atom. The van der Waals surface area contributed by atoms with Crippen molar-refractivity contribution in [1.82, 2.24) is 5.32 Å². The number of aliphatic hydroxyl groups excluding tert-OH is 9. The molecule has 16 heteroatoms. The fourth-order valence-electron chi connectivity index (χ4n) is 5.79. The SMILES string of the molecule is CCCCCCCCO[C@H]1O[C@H](CO)[C@@H](O)[C@H](O)[C@@H]1O[C@@H]1O[C@H](CO)[C@@H](O[C@@H]2O[C@H](CO)[C@H](O)[C@H](O)[C@H]2O)[C@H](O)[C@H]1NCCC. The van der Waals surface area contributed by atoms with E-state index in [-0.39, 0.29) is 6.61 Å². The van der Waals surface area contributed by atoms with Crippen LogP contribution < -0.4 is 5.32 Å². The Hall–Kier alpha value is -0.640. The van der Waals surface area contributed by atoms with Crippen LogP contribution in [0.2, 0.25) is 0 Å². The van der Waals surface area contributed by atoms with E-state index >= 15 is 0 Å². The molecule has 3 rings (SSSR count). The molecule has 0 radical (unpaired) electrons. The maximum Gasteiger partial charge on any atom is 0.187 e. The Labute approximate surface area is 263 Å². The van der Waals surface area contributed by atoms with Crippen molar-refractivity contribution in [2.75, 3.05) is 33.0 Å². The van der Waals surface area contributed by atoms with Crippen LogP contribution in [0.3, 0.4) is 0 Å². The average molecular weight is 658 g/mol. The van der Waals surface area contributed by atoms with Gasteiger partial charge in [0.15, 0.2) is 18.9 Å². The molecule has 3 heterocycles. The number of hydrogen-bond acceptors (Lipinski definition) is 16. The van der Waals surface area contributed by atoms with Crippen LogP contribution in [-0.4, -0.2) is 171 Å². The van der Waals surface area contributed by atoms with Crippen LogP contribution in [0.15, 0.2) is 0 Å². The normalized spacial score (nSPS) is 42.6. The summed E-state index contributed by atoms with van der Waals surface area (Å²) in [5, 5.41) is 96.4. The first kappa shape index (κ1) is 38.8. The third-order valence-electron chi connectivity index (χ3n) is 8.52. The van der Waals surface area contributed by atoms with E-state index in [4.69, 9.17) is 28.4 Å². The number of ether oxygens (including phenoxy) is 6. The molecule has 0 saturated carbocycles. The molecule has 3 aliphatic heterocycles. The molecule has 0 aliphatic carbocycles. The van der Waals surface area contributed by atoms with Crippen LogP contribution in [0.5, 0.6) is 0 Å². The summed E-state index contributed by atoms with van der Waals surface area (Å²) in [5.41, 5.74) is 0. The number of unbranched alkanes of at least 4 members (excludes halogenated alkanes) is 5. The van der Waals surface area contributed by atoms with Gasteiger partial charge in [0.1, 0.15) is 67.1 Å². The summed E-state index contributed by atoms with van der Waals surface area (Å²) < 4.78 is 35.0. The van der Waals surface area contributed by atoms with Gasteiger partial charge in [-0.25, -0.2) is 0 Å². The minimum atomic E-state index is -1.76. The zero-order valence-corrected chi connectivity index (χ0v) is 26.1.